The summed E-state index contributed by atoms with van der Waals surface area (Å²) in [6, 6.07) is 9.15. The van der Waals surface area contributed by atoms with Gasteiger partial charge in [0.1, 0.15) is 23.6 Å². The van der Waals surface area contributed by atoms with Gasteiger partial charge in [0, 0.05) is 5.56 Å². The number of aldehydes is 1. The Bertz CT molecular complexity index is 596. The van der Waals surface area contributed by atoms with Gasteiger partial charge >= 0.3 is 0 Å². The second kappa shape index (κ2) is 5.19. The number of carbonyl (C=O) groups excluding carboxylic acids is 1. The molecule has 0 unspecified atom stereocenters. The molecule has 0 aromatic heterocycles. The molecule has 18 heavy (non-hydrogen) atoms. The summed E-state index contributed by atoms with van der Waals surface area (Å²) in [5.74, 6) is 0.632. The van der Waals surface area contributed by atoms with Crippen LogP contribution in [0.3, 0.4) is 0 Å². The van der Waals surface area contributed by atoms with Gasteiger partial charge in [-0.15, -0.1) is 0 Å². The zero-order valence-electron chi connectivity index (χ0n) is 9.61. The molecule has 0 bridgehead atoms. The Balaban J connectivity index is 2.28. The van der Waals surface area contributed by atoms with Gasteiger partial charge in [-0.2, -0.15) is 0 Å². The maximum absolute atomic E-state index is 13.1. The quantitative estimate of drug-likeness (QED) is 0.769. The smallest absolute Gasteiger partial charge is 0.150 e. The van der Waals surface area contributed by atoms with Gasteiger partial charge < -0.3 is 4.74 Å². The van der Waals surface area contributed by atoms with E-state index in [2.05, 4.69) is 0 Å². The van der Waals surface area contributed by atoms with Gasteiger partial charge in [0.25, 0.3) is 0 Å². The van der Waals surface area contributed by atoms with Crippen LogP contribution >= 0.6 is 11.6 Å². The molecule has 0 heterocycles. The summed E-state index contributed by atoms with van der Waals surface area (Å²) in [6.45, 7) is 1.65. The van der Waals surface area contributed by atoms with Crippen molar-refractivity contribution in [3.63, 3.8) is 0 Å². The van der Waals surface area contributed by atoms with E-state index in [0.29, 0.717) is 33.9 Å². The van der Waals surface area contributed by atoms with E-state index >= 15 is 0 Å². The van der Waals surface area contributed by atoms with Crippen molar-refractivity contribution in [3.8, 4) is 11.5 Å². The van der Waals surface area contributed by atoms with Crippen molar-refractivity contribution in [2.75, 3.05) is 0 Å². The molecule has 0 amide bonds. The second-order valence-electron chi connectivity index (χ2n) is 3.82. The highest BCUT2D eigenvalue weighted by Gasteiger charge is 2.06. The van der Waals surface area contributed by atoms with Crippen LogP contribution in [-0.2, 0) is 0 Å². The van der Waals surface area contributed by atoms with Crippen molar-refractivity contribution in [1.29, 1.82) is 0 Å². The highest BCUT2D eigenvalue weighted by atomic mass is 35.5. The van der Waals surface area contributed by atoms with Crippen LogP contribution in [0.25, 0.3) is 0 Å². The Kier molecular flexibility index (Phi) is 3.63. The number of aryl methyl sites for hydroxylation is 1. The Hall–Kier alpha value is -1.87. The number of hydrogen-bond donors (Lipinski definition) is 0. The predicted molar refractivity (Wildman–Crippen MR) is 68.1 cm³/mol. The lowest BCUT2D eigenvalue weighted by Crippen LogP contribution is -1.89. The second-order valence-corrected chi connectivity index (χ2v) is 4.23. The van der Waals surface area contributed by atoms with Crippen molar-refractivity contribution in [1.82, 2.24) is 0 Å². The monoisotopic (exact) mass is 264 g/mol. The Morgan fingerprint density at radius 2 is 2.00 bits per heavy atom. The highest BCUT2D eigenvalue weighted by Crippen LogP contribution is 2.30. The normalized spacial score (nSPS) is 10.2. The Morgan fingerprint density at radius 1 is 1.22 bits per heavy atom. The number of rotatable bonds is 3. The largest absolute Gasteiger partial charge is 0.456 e. The maximum Gasteiger partial charge on any atom is 0.150 e. The summed E-state index contributed by atoms with van der Waals surface area (Å²) < 4.78 is 18.6. The molecule has 2 rings (SSSR count). The number of halogens is 2. The molecule has 0 saturated heterocycles. The van der Waals surface area contributed by atoms with Gasteiger partial charge in [-0.05, 0) is 48.9 Å². The van der Waals surface area contributed by atoms with Gasteiger partial charge in [0.05, 0.1) is 5.02 Å². The fraction of sp³-hybridized carbons (Fsp3) is 0.0714. The molecule has 2 aromatic carbocycles. The minimum absolute atomic E-state index is 0.287. The van der Waals surface area contributed by atoms with E-state index in [4.69, 9.17) is 16.3 Å². The number of carbonyl (C=O) groups is 1. The summed E-state index contributed by atoms with van der Waals surface area (Å²) in [5, 5.41) is 0.335. The van der Waals surface area contributed by atoms with Crippen molar-refractivity contribution in [2.24, 2.45) is 0 Å². The molecule has 2 nitrogen and oxygen atoms in total. The van der Waals surface area contributed by atoms with Crippen molar-refractivity contribution in [3.05, 3.63) is 58.4 Å². The standard InChI is InChI=1S/C14H10ClFO2/c1-9-6-11(3-4-13(9)16)18-14-5-2-10(8-17)7-12(14)15/h2-8H,1H3. The molecule has 2 aromatic rings. The summed E-state index contributed by atoms with van der Waals surface area (Å²) in [7, 11) is 0. The zero-order chi connectivity index (χ0) is 13.1. The third-order valence-corrected chi connectivity index (χ3v) is 2.74. The third kappa shape index (κ3) is 2.68. The fourth-order valence-corrected chi connectivity index (χ4v) is 1.71. The molecule has 0 radical (unpaired) electrons. The van der Waals surface area contributed by atoms with Gasteiger partial charge in [-0.1, -0.05) is 11.6 Å². The minimum Gasteiger partial charge on any atom is -0.456 e. The molecule has 0 atom stereocenters. The number of benzene rings is 2. The minimum atomic E-state index is -0.287. The molecule has 0 aliphatic carbocycles. The zero-order valence-corrected chi connectivity index (χ0v) is 10.4. The van der Waals surface area contributed by atoms with Crippen LogP contribution in [0.2, 0.25) is 5.02 Å². The SMILES string of the molecule is Cc1cc(Oc2ccc(C=O)cc2Cl)ccc1F. The van der Waals surface area contributed by atoms with E-state index in [9.17, 15) is 9.18 Å². The van der Waals surface area contributed by atoms with Crippen LogP contribution in [0.1, 0.15) is 15.9 Å². The van der Waals surface area contributed by atoms with E-state index in [1.165, 1.54) is 18.2 Å². The van der Waals surface area contributed by atoms with Crippen LogP contribution in [0.4, 0.5) is 4.39 Å². The molecule has 0 aliphatic heterocycles. The van der Waals surface area contributed by atoms with E-state index in [0.717, 1.165) is 0 Å². The average Bonchev–Trinajstić information content (AvgIpc) is 2.36. The molecule has 0 spiro atoms. The molecular formula is C14H10ClFO2. The first-order valence-corrected chi connectivity index (χ1v) is 5.66. The summed E-state index contributed by atoms with van der Waals surface area (Å²) in [4.78, 5) is 10.6. The van der Waals surface area contributed by atoms with Crippen LogP contribution in [0.15, 0.2) is 36.4 Å². The van der Waals surface area contributed by atoms with Gasteiger partial charge in [0.15, 0.2) is 0 Å². The van der Waals surface area contributed by atoms with Crippen molar-refractivity contribution >= 4 is 17.9 Å². The molecule has 0 saturated carbocycles. The van der Waals surface area contributed by atoms with E-state index in [-0.39, 0.29) is 5.82 Å². The lowest BCUT2D eigenvalue weighted by molar-refractivity contribution is 0.112. The van der Waals surface area contributed by atoms with Crippen molar-refractivity contribution < 1.29 is 13.9 Å². The number of hydrogen-bond acceptors (Lipinski definition) is 2. The van der Waals surface area contributed by atoms with E-state index < -0.39 is 0 Å². The molecule has 92 valence electrons. The van der Waals surface area contributed by atoms with Crippen LogP contribution < -0.4 is 4.74 Å². The van der Waals surface area contributed by atoms with E-state index in [1.807, 2.05) is 0 Å². The van der Waals surface area contributed by atoms with Crippen LogP contribution in [0.5, 0.6) is 11.5 Å². The van der Waals surface area contributed by atoms with E-state index in [1.54, 1.807) is 25.1 Å². The van der Waals surface area contributed by atoms with Gasteiger partial charge in [-0.25, -0.2) is 4.39 Å². The molecule has 0 fully saturated rings. The molecule has 0 aliphatic rings. The summed E-state index contributed by atoms with van der Waals surface area (Å²) >= 11 is 5.97. The van der Waals surface area contributed by atoms with Crippen LogP contribution in [-0.4, -0.2) is 6.29 Å². The summed E-state index contributed by atoms with van der Waals surface area (Å²) in [6.07, 6.45) is 0.706. The lowest BCUT2D eigenvalue weighted by atomic mass is 10.2. The van der Waals surface area contributed by atoms with Gasteiger partial charge in [0.2, 0.25) is 0 Å². The number of ether oxygens (including phenoxy) is 1. The predicted octanol–water partition coefficient (Wildman–Crippen LogP) is 4.39. The maximum atomic E-state index is 13.1. The van der Waals surface area contributed by atoms with Gasteiger partial charge in [-0.3, -0.25) is 4.79 Å². The van der Waals surface area contributed by atoms with Crippen molar-refractivity contribution in [2.45, 2.75) is 6.92 Å². The summed E-state index contributed by atoms with van der Waals surface area (Å²) in [5.41, 5.74) is 0.968. The first-order valence-electron chi connectivity index (χ1n) is 5.29. The fourth-order valence-electron chi connectivity index (χ4n) is 1.48. The molecular weight excluding hydrogens is 255 g/mol. The third-order valence-electron chi connectivity index (χ3n) is 2.45. The van der Waals surface area contributed by atoms with Crippen LogP contribution in [0, 0.1) is 12.7 Å². The Morgan fingerprint density at radius 3 is 2.61 bits per heavy atom. The lowest BCUT2D eigenvalue weighted by Gasteiger charge is -2.08. The average molecular weight is 265 g/mol. The Labute approximate surface area is 109 Å². The molecule has 4 heteroatoms. The highest BCUT2D eigenvalue weighted by molar-refractivity contribution is 6.32. The topological polar surface area (TPSA) is 26.3 Å². The molecule has 0 N–H and O–H groups in total. The first-order chi connectivity index (χ1) is 8.60. The first kappa shape index (κ1) is 12.6.